The number of non-ortho nitro benzene ring substituents is 1. The number of hydrogen-bond acceptors (Lipinski definition) is 7. The molecule has 32 heavy (non-hydrogen) atoms. The molecule has 0 unspecified atom stereocenters. The van der Waals surface area contributed by atoms with E-state index < -0.39 is 23.4 Å². The van der Waals surface area contributed by atoms with Crippen molar-refractivity contribution in [1.82, 2.24) is 5.16 Å². The normalized spacial score (nSPS) is 10.7. The number of nitrogens with one attached hydrogen (secondary N) is 1. The summed E-state index contributed by atoms with van der Waals surface area (Å²) in [4.78, 5) is 34.7. The number of fused-ring (bicyclic) bond motifs is 1. The molecule has 0 aliphatic rings. The minimum Gasteiger partial charge on any atom is -0.452 e. The minimum atomic E-state index is -0.711. The molecule has 0 aliphatic carbocycles. The standard InChI is InChI=1S/C22H14ClN3O6/c23-17-11-15(26(29)30)7-9-19(17)24-20(27)12-31-22(28)14-6-8-18-16(10-14)21(32-25-18)13-4-2-1-3-5-13/h1-11H,12H2,(H,24,27). The number of ether oxygens (including phenoxy) is 1. The lowest BCUT2D eigenvalue weighted by Gasteiger charge is -2.08. The lowest BCUT2D eigenvalue weighted by Crippen LogP contribution is -2.21. The summed E-state index contributed by atoms with van der Waals surface area (Å²) in [6.45, 7) is -0.570. The molecule has 4 rings (SSSR count). The number of aromatic nitrogens is 1. The van der Waals surface area contributed by atoms with Crippen LogP contribution in [0.4, 0.5) is 11.4 Å². The van der Waals surface area contributed by atoms with Gasteiger partial charge in [0.2, 0.25) is 0 Å². The van der Waals surface area contributed by atoms with Crippen molar-refractivity contribution >= 4 is 45.8 Å². The molecular formula is C22H14ClN3O6. The summed E-state index contributed by atoms with van der Waals surface area (Å²) in [6, 6.07) is 17.7. The van der Waals surface area contributed by atoms with Crippen LogP contribution in [0.3, 0.4) is 0 Å². The van der Waals surface area contributed by atoms with Gasteiger partial charge in [-0.15, -0.1) is 0 Å². The van der Waals surface area contributed by atoms with Crippen LogP contribution in [0, 0.1) is 10.1 Å². The zero-order chi connectivity index (χ0) is 22.7. The third-order valence-corrected chi connectivity index (χ3v) is 4.83. The summed E-state index contributed by atoms with van der Waals surface area (Å²) < 4.78 is 10.5. The monoisotopic (exact) mass is 451 g/mol. The molecule has 10 heteroatoms. The molecule has 0 radical (unpaired) electrons. The Balaban J connectivity index is 1.44. The number of amides is 1. The van der Waals surface area contributed by atoms with Crippen LogP contribution in [-0.4, -0.2) is 28.6 Å². The molecule has 1 amide bonds. The molecule has 0 aliphatic heterocycles. The summed E-state index contributed by atoms with van der Waals surface area (Å²) in [6.07, 6.45) is 0. The van der Waals surface area contributed by atoms with E-state index in [9.17, 15) is 19.7 Å². The van der Waals surface area contributed by atoms with Crippen molar-refractivity contribution in [3.8, 4) is 11.3 Å². The predicted octanol–water partition coefficient (Wildman–Crippen LogP) is 4.85. The van der Waals surface area contributed by atoms with Gasteiger partial charge in [0.25, 0.3) is 11.6 Å². The van der Waals surface area contributed by atoms with E-state index in [0.29, 0.717) is 16.7 Å². The van der Waals surface area contributed by atoms with Crippen molar-refractivity contribution in [2.24, 2.45) is 0 Å². The van der Waals surface area contributed by atoms with Gasteiger partial charge in [0.1, 0.15) is 5.52 Å². The van der Waals surface area contributed by atoms with Crippen LogP contribution >= 0.6 is 11.6 Å². The number of carbonyl (C=O) groups is 2. The first-order valence-electron chi connectivity index (χ1n) is 9.28. The van der Waals surface area contributed by atoms with E-state index in [2.05, 4.69) is 10.5 Å². The molecule has 0 atom stereocenters. The van der Waals surface area contributed by atoms with E-state index in [1.165, 1.54) is 18.2 Å². The first kappa shape index (κ1) is 21.0. The summed E-state index contributed by atoms with van der Waals surface area (Å²) >= 11 is 5.94. The molecule has 1 aromatic heterocycles. The molecular weight excluding hydrogens is 438 g/mol. The molecule has 1 N–H and O–H groups in total. The molecule has 9 nitrogen and oxygen atoms in total. The van der Waals surface area contributed by atoms with Gasteiger partial charge in [0.15, 0.2) is 12.4 Å². The van der Waals surface area contributed by atoms with Gasteiger partial charge < -0.3 is 14.6 Å². The maximum Gasteiger partial charge on any atom is 0.338 e. The lowest BCUT2D eigenvalue weighted by molar-refractivity contribution is -0.384. The quantitative estimate of drug-likeness (QED) is 0.252. The summed E-state index contributed by atoms with van der Waals surface area (Å²) in [5.41, 5.74) is 1.56. The van der Waals surface area contributed by atoms with Gasteiger partial charge in [-0.3, -0.25) is 14.9 Å². The fraction of sp³-hybridized carbons (Fsp3) is 0.0455. The smallest absolute Gasteiger partial charge is 0.338 e. The number of hydrogen-bond donors (Lipinski definition) is 1. The zero-order valence-electron chi connectivity index (χ0n) is 16.3. The molecule has 1 heterocycles. The Hall–Kier alpha value is -4.24. The first-order valence-corrected chi connectivity index (χ1v) is 9.66. The van der Waals surface area contributed by atoms with Gasteiger partial charge in [-0.05, 0) is 24.3 Å². The maximum atomic E-state index is 12.4. The van der Waals surface area contributed by atoms with Gasteiger partial charge in [-0.1, -0.05) is 47.1 Å². The maximum absolute atomic E-state index is 12.4. The Morgan fingerprint density at radius 3 is 2.59 bits per heavy atom. The zero-order valence-corrected chi connectivity index (χ0v) is 17.0. The highest BCUT2D eigenvalue weighted by Gasteiger charge is 2.17. The number of benzene rings is 3. The Morgan fingerprint density at radius 1 is 1.09 bits per heavy atom. The van der Waals surface area contributed by atoms with Crippen molar-refractivity contribution < 1.29 is 23.8 Å². The van der Waals surface area contributed by atoms with Crippen LogP contribution in [0.5, 0.6) is 0 Å². The lowest BCUT2D eigenvalue weighted by atomic mass is 10.1. The van der Waals surface area contributed by atoms with Crippen molar-refractivity contribution in [3.05, 3.63) is 87.4 Å². The van der Waals surface area contributed by atoms with E-state index in [1.807, 2.05) is 30.3 Å². The van der Waals surface area contributed by atoms with Crippen LogP contribution < -0.4 is 5.32 Å². The highest BCUT2D eigenvalue weighted by Crippen LogP contribution is 2.29. The average molecular weight is 452 g/mol. The van der Waals surface area contributed by atoms with Gasteiger partial charge in [0.05, 0.1) is 26.6 Å². The highest BCUT2D eigenvalue weighted by molar-refractivity contribution is 6.34. The molecule has 0 saturated heterocycles. The largest absolute Gasteiger partial charge is 0.452 e. The molecule has 0 bridgehead atoms. The number of rotatable bonds is 6. The third kappa shape index (κ3) is 4.42. The summed E-state index contributed by atoms with van der Waals surface area (Å²) in [5.74, 6) is -0.844. The van der Waals surface area contributed by atoms with Crippen LogP contribution in [-0.2, 0) is 9.53 Å². The minimum absolute atomic E-state index is 0.00905. The van der Waals surface area contributed by atoms with Crippen molar-refractivity contribution in [2.45, 2.75) is 0 Å². The second-order valence-corrected chi connectivity index (χ2v) is 7.06. The number of halogens is 1. The van der Waals surface area contributed by atoms with Gasteiger partial charge >= 0.3 is 5.97 Å². The number of carbonyl (C=O) groups excluding carboxylic acids is 2. The summed E-state index contributed by atoms with van der Waals surface area (Å²) in [5, 5.41) is 17.8. The number of nitrogens with zero attached hydrogens (tertiary/aromatic N) is 2. The average Bonchev–Trinajstić information content (AvgIpc) is 3.22. The Kier molecular flexibility index (Phi) is 5.82. The number of nitro groups is 1. The van der Waals surface area contributed by atoms with E-state index in [1.54, 1.807) is 12.1 Å². The Bertz CT molecular complexity index is 1340. The van der Waals surface area contributed by atoms with Crippen LogP contribution in [0.15, 0.2) is 71.3 Å². The molecule has 4 aromatic rings. The van der Waals surface area contributed by atoms with E-state index in [0.717, 1.165) is 11.6 Å². The molecule has 160 valence electrons. The van der Waals surface area contributed by atoms with Crippen LogP contribution in [0.2, 0.25) is 5.02 Å². The fourth-order valence-corrected chi connectivity index (χ4v) is 3.21. The van der Waals surface area contributed by atoms with Gasteiger partial charge in [-0.25, -0.2) is 4.79 Å². The molecule has 0 saturated carbocycles. The summed E-state index contributed by atoms with van der Waals surface area (Å²) in [7, 11) is 0. The molecule has 0 spiro atoms. The Morgan fingerprint density at radius 2 is 1.88 bits per heavy atom. The Labute approximate surface area is 185 Å². The van der Waals surface area contributed by atoms with Crippen molar-refractivity contribution in [1.29, 1.82) is 0 Å². The number of anilines is 1. The molecule has 0 fully saturated rings. The second kappa shape index (κ2) is 8.86. The van der Waals surface area contributed by atoms with Crippen LogP contribution in [0.25, 0.3) is 22.2 Å². The SMILES string of the molecule is O=C(COC(=O)c1ccc2noc(-c3ccccc3)c2c1)Nc1ccc([N+](=O)[O-])cc1Cl. The highest BCUT2D eigenvalue weighted by atomic mass is 35.5. The third-order valence-electron chi connectivity index (χ3n) is 4.52. The number of nitro benzene ring substituents is 1. The van der Waals surface area contributed by atoms with Crippen molar-refractivity contribution in [2.75, 3.05) is 11.9 Å². The van der Waals surface area contributed by atoms with Crippen LogP contribution in [0.1, 0.15) is 10.4 Å². The van der Waals surface area contributed by atoms with E-state index in [4.69, 9.17) is 20.9 Å². The first-order chi connectivity index (χ1) is 15.4. The predicted molar refractivity (Wildman–Crippen MR) is 116 cm³/mol. The van der Waals surface area contributed by atoms with E-state index >= 15 is 0 Å². The number of esters is 1. The van der Waals surface area contributed by atoms with Crippen molar-refractivity contribution in [3.63, 3.8) is 0 Å². The van der Waals surface area contributed by atoms with Gasteiger partial charge in [0, 0.05) is 17.7 Å². The van der Waals surface area contributed by atoms with E-state index in [-0.39, 0.29) is 22.0 Å². The second-order valence-electron chi connectivity index (χ2n) is 6.66. The molecule has 3 aromatic carbocycles. The fourth-order valence-electron chi connectivity index (χ4n) is 2.99. The van der Waals surface area contributed by atoms with Gasteiger partial charge in [-0.2, -0.15) is 0 Å². The topological polar surface area (TPSA) is 125 Å².